The lowest BCUT2D eigenvalue weighted by Gasteiger charge is -1.95. The molecule has 2 nitrogen and oxygen atoms in total. The van der Waals surface area contributed by atoms with Gasteiger partial charge in [0.1, 0.15) is 0 Å². The monoisotopic (exact) mass is 126 g/mol. The Morgan fingerprint density at radius 3 is 2.44 bits per heavy atom. The second kappa shape index (κ2) is 3.28. The minimum Gasteiger partial charge on any atom is -0.348 e. The van der Waals surface area contributed by atoms with Crippen molar-refractivity contribution in [1.29, 1.82) is 0 Å². The van der Waals surface area contributed by atoms with Crippen molar-refractivity contribution in [3.8, 4) is 0 Å². The summed E-state index contributed by atoms with van der Waals surface area (Å²) in [6, 6.07) is 0. The van der Waals surface area contributed by atoms with E-state index >= 15 is 0 Å². The average molecular weight is 126 g/mol. The SMILES string of the molecule is C.CC(C)c1cnc[nH]1. The minimum atomic E-state index is 0. The van der Waals surface area contributed by atoms with E-state index in [1.54, 1.807) is 6.33 Å². The van der Waals surface area contributed by atoms with Crippen LogP contribution in [0.1, 0.15) is 32.9 Å². The van der Waals surface area contributed by atoms with E-state index in [4.69, 9.17) is 0 Å². The topological polar surface area (TPSA) is 28.7 Å². The Balaban J connectivity index is 0.000000640. The van der Waals surface area contributed by atoms with Gasteiger partial charge in [0.25, 0.3) is 0 Å². The molecule has 52 valence electrons. The zero-order valence-electron chi connectivity index (χ0n) is 5.18. The molecule has 0 unspecified atom stereocenters. The number of imidazole rings is 1. The molecule has 0 aliphatic heterocycles. The predicted octanol–water partition coefficient (Wildman–Crippen LogP) is 2.17. The third-order valence-corrected chi connectivity index (χ3v) is 1.14. The van der Waals surface area contributed by atoms with E-state index in [1.165, 1.54) is 5.69 Å². The lowest BCUT2D eigenvalue weighted by atomic mass is 10.2. The van der Waals surface area contributed by atoms with Gasteiger partial charge in [-0.05, 0) is 5.92 Å². The van der Waals surface area contributed by atoms with Gasteiger partial charge in [0.2, 0.25) is 0 Å². The number of nitrogens with one attached hydrogen (secondary N) is 1. The molecule has 1 heterocycles. The first-order valence-electron chi connectivity index (χ1n) is 2.79. The number of H-pyrrole nitrogens is 1. The van der Waals surface area contributed by atoms with Crippen LogP contribution in [0.3, 0.4) is 0 Å². The van der Waals surface area contributed by atoms with Gasteiger partial charge in [-0.3, -0.25) is 0 Å². The van der Waals surface area contributed by atoms with Crippen molar-refractivity contribution in [3.05, 3.63) is 18.2 Å². The summed E-state index contributed by atoms with van der Waals surface area (Å²) in [7, 11) is 0. The Morgan fingerprint density at radius 1 is 1.56 bits per heavy atom. The molecule has 0 atom stereocenters. The molecule has 1 N–H and O–H groups in total. The van der Waals surface area contributed by atoms with Crippen molar-refractivity contribution in [2.75, 3.05) is 0 Å². The molecule has 0 bridgehead atoms. The van der Waals surface area contributed by atoms with E-state index in [2.05, 4.69) is 23.8 Å². The first-order valence-corrected chi connectivity index (χ1v) is 2.79. The molecular formula is C7H14N2. The highest BCUT2D eigenvalue weighted by Crippen LogP contribution is 2.07. The maximum atomic E-state index is 3.89. The van der Waals surface area contributed by atoms with Crippen LogP contribution in [0.25, 0.3) is 0 Å². The van der Waals surface area contributed by atoms with Crippen molar-refractivity contribution in [1.82, 2.24) is 9.97 Å². The molecule has 0 radical (unpaired) electrons. The van der Waals surface area contributed by atoms with Gasteiger partial charge in [-0.25, -0.2) is 4.98 Å². The van der Waals surface area contributed by atoms with E-state index in [0.717, 1.165) is 0 Å². The summed E-state index contributed by atoms with van der Waals surface area (Å²) >= 11 is 0. The van der Waals surface area contributed by atoms with Crippen molar-refractivity contribution >= 4 is 0 Å². The molecule has 1 aromatic rings. The van der Waals surface area contributed by atoms with E-state index < -0.39 is 0 Å². The Morgan fingerprint density at radius 2 is 2.22 bits per heavy atom. The van der Waals surface area contributed by atoms with Crippen LogP contribution < -0.4 is 0 Å². The lowest BCUT2D eigenvalue weighted by molar-refractivity contribution is 0.832. The Labute approximate surface area is 56.3 Å². The quantitative estimate of drug-likeness (QED) is 0.613. The summed E-state index contributed by atoms with van der Waals surface area (Å²) in [6.45, 7) is 4.26. The third kappa shape index (κ3) is 1.88. The molecule has 9 heavy (non-hydrogen) atoms. The second-order valence-corrected chi connectivity index (χ2v) is 2.16. The summed E-state index contributed by atoms with van der Waals surface area (Å²) < 4.78 is 0. The zero-order valence-corrected chi connectivity index (χ0v) is 5.18. The summed E-state index contributed by atoms with van der Waals surface area (Å²) in [6.07, 6.45) is 3.56. The van der Waals surface area contributed by atoms with Gasteiger partial charge in [0.05, 0.1) is 6.33 Å². The van der Waals surface area contributed by atoms with Crippen molar-refractivity contribution in [2.24, 2.45) is 0 Å². The third-order valence-electron chi connectivity index (χ3n) is 1.14. The molecule has 2 heteroatoms. The van der Waals surface area contributed by atoms with Crippen LogP contribution >= 0.6 is 0 Å². The van der Waals surface area contributed by atoms with Crippen LogP contribution in [0.5, 0.6) is 0 Å². The fourth-order valence-corrected chi connectivity index (χ4v) is 0.582. The highest BCUT2D eigenvalue weighted by molar-refractivity contribution is 4.99. The first-order chi connectivity index (χ1) is 3.80. The fourth-order valence-electron chi connectivity index (χ4n) is 0.582. The molecule has 0 aromatic carbocycles. The molecule has 0 fully saturated rings. The zero-order chi connectivity index (χ0) is 5.98. The second-order valence-electron chi connectivity index (χ2n) is 2.16. The molecule has 0 aliphatic rings. The number of aromatic nitrogens is 2. The van der Waals surface area contributed by atoms with E-state index in [9.17, 15) is 0 Å². The maximum absolute atomic E-state index is 3.89. The van der Waals surface area contributed by atoms with Crippen LogP contribution in [0, 0.1) is 0 Å². The van der Waals surface area contributed by atoms with E-state index in [-0.39, 0.29) is 7.43 Å². The van der Waals surface area contributed by atoms with Gasteiger partial charge in [-0.2, -0.15) is 0 Å². The Bertz CT molecular complexity index is 142. The number of aromatic amines is 1. The Kier molecular flexibility index (Phi) is 2.99. The molecule has 0 spiro atoms. The molecule has 1 rings (SSSR count). The molecule has 0 amide bonds. The number of nitrogens with zero attached hydrogens (tertiary/aromatic N) is 1. The summed E-state index contributed by atoms with van der Waals surface area (Å²) in [4.78, 5) is 6.91. The van der Waals surface area contributed by atoms with Crippen LogP contribution in [-0.4, -0.2) is 9.97 Å². The smallest absolute Gasteiger partial charge is 0.0921 e. The van der Waals surface area contributed by atoms with E-state index in [1.807, 2.05) is 6.20 Å². The summed E-state index contributed by atoms with van der Waals surface area (Å²) in [5, 5.41) is 0. The standard InChI is InChI=1S/C6H10N2.CH4/c1-5(2)6-3-7-4-8-6;/h3-5H,1-2H3,(H,7,8);1H4. The van der Waals surface area contributed by atoms with Gasteiger partial charge < -0.3 is 4.98 Å². The normalized spacial score (nSPS) is 9.22. The van der Waals surface area contributed by atoms with Crippen LogP contribution in [0.2, 0.25) is 0 Å². The van der Waals surface area contributed by atoms with Crippen LogP contribution in [0.15, 0.2) is 12.5 Å². The number of hydrogen-bond donors (Lipinski definition) is 1. The van der Waals surface area contributed by atoms with Gasteiger partial charge in [-0.15, -0.1) is 0 Å². The average Bonchev–Trinajstić information content (AvgIpc) is 2.12. The van der Waals surface area contributed by atoms with Crippen LogP contribution in [0.4, 0.5) is 0 Å². The predicted molar refractivity (Wildman–Crippen MR) is 39.4 cm³/mol. The van der Waals surface area contributed by atoms with Gasteiger partial charge in [-0.1, -0.05) is 21.3 Å². The highest BCUT2D eigenvalue weighted by Gasteiger charge is 1.95. The molecule has 1 aromatic heterocycles. The summed E-state index contributed by atoms with van der Waals surface area (Å²) in [5.41, 5.74) is 1.20. The largest absolute Gasteiger partial charge is 0.348 e. The van der Waals surface area contributed by atoms with Crippen molar-refractivity contribution in [3.63, 3.8) is 0 Å². The molecular weight excluding hydrogens is 112 g/mol. The van der Waals surface area contributed by atoms with E-state index in [0.29, 0.717) is 5.92 Å². The van der Waals surface area contributed by atoms with Gasteiger partial charge in [0, 0.05) is 11.9 Å². The van der Waals surface area contributed by atoms with Gasteiger partial charge >= 0.3 is 0 Å². The van der Waals surface area contributed by atoms with Crippen molar-refractivity contribution < 1.29 is 0 Å². The lowest BCUT2D eigenvalue weighted by Crippen LogP contribution is -1.84. The highest BCUT2D eigenvalue weighted by atomic mass is 14.9. The fraction of sp³-hybridized carbons (Fsp3) is 0.571. The minimum absolute atomic E-state index is 0. The number of hydrogen-bond acceptors (Lipinski definition) is 1. The van der Waals surface area contributed by atoms with Crippen molar-refractivity contribution in [2.45, 2.75) is 27.2 Å². The van der Waals surface area contributed by atoms with Crippen LogP contribution in [-0.2, 0) is 0 Å². The Hall–Kier alpha value is -0.790. The number of rotatable bonds is 1. The van der Waals surface area contributed by atoms with Gasteiger partial charge in [0.15, 0.2) is 0 Å². The first kappa shape index (κ1) is 8.21. The molecule has 0 saturated heterocycles. The summed E-state index contributed by atoms with van der Waals surface area (Å²) in [5.74, 6) is 0.567. The molecule has 0 aliphatic carbocycles. The molecule has 0 saturated carbocycles. The maximum Gasteiger partial charge on any atom is 0.0921 e.